The standard InChI is InChI=1S/C14H16O5/c1-10(15)7-8-13(16)19-9-12(14(17)18)11-5-3-2-4-6-11/h2-6,12H,7-9H2,1H3,(H,17,18)/t12-/m1/s1. The number of Topliss-reactive ketones (excluding diaryl/α,β-unsaturated/α-hetero) is 1. The molecule has 0 aliphatic carbocycles. The lowest BCUT2D eigenvalue weighted by atomic mass is 10.0. The van der Waals surface area contributed by atoms with Gasteiger partial charge in [-0.2, -0.15) is 0 Å². The Kier molecular flexibility index (Phi) is 5.73. The molecule has 0 amide bonds. The van der Waals surface area contributed by atoms with E-state index >= 15 is 0 Å². The van der Waals surface area contributed by atoms with Gasteiger partial charge in [0.25, 0.3) is 0 Å². The van der Waals surface area contributed by atoms with Crippen LogP contribution in [0.2, 0.25) is 0 Å². The maximum atomic E-state index is 11.3. The summed E-state index contributed by atoms with van der Waals surface area (Å²) in [4.78, 5) is 33.2. The van der Waals surface area contributed by atoms with Crippen LogP contribution in [0.15, 0.2) is 30.3 Å². The number of hydrogen-bond donors (Lipinski definition) is 1. The van der Waals surface area contributed by atoms with Crippen molar-refractivity contribution in [2.24, 2.45) is 0 Å². The molecule has 0 saturated carbocycles. The molecule has 0 fully saturated rings. The first-order valence-electron chi connectivity index (χ1n) is 5.93. The predicted octanol–water partition coefficient (Wildman–Crippen LogP) is 1.77. The largest absolute Gasteiger partial charge is 0.481 e. The first kappa shape index (κ1) is 14.9. The number of carbonyl (C=O) groups is 3. The maximum absolute atomic E-state index is 11.3. The van der Waals surface area contributed by atoms with Gasteiger partial charge in [0.1, 0.15) is 18.3 Å². The van der Waals surface area contributed by atoms with Gasteiger partial charge < -0.3 is 14.6 Å². The smallest absolute Gasteiger partial charge is 0.314 e. The van der Waals surface area contributed by atoms with E-state index in [-0.39, 0.29) is 25.2 Å². The molecule has 1 atom stereocenters. The Morgan fingerprint density at radius 1 is 1.16 bits per heavy atom. The Labute approximate surface area is 111 Å². The van der Waals surface area contributed by atoms with Gasteiger partial charge in [-0.05, 0) is 12.5 Å². The minimum atomic E-state index is -1.05. The number of esters is 1. The van der Waals surface area contributed by atoms with Crippen LogP contribution in [0.25, 0.3) is 0 Å². The number of rotatable bonds is 7. The molecule has 102 valence electrons. The normalized spacial score (nSPS) is 11.6. The summed E-state index contributed by atoms with van der Waals surface area (Å²) in [7, 11) is 0. The molecule has 1 aromatic rings. The second-order valence-corrected chi connectivity index (χ2v) is 4.19. The molecular formula is C14H16O5. The summed E-state index contributed by atoms with van der Waals surface area (Å²) in [6, 6.07) is 8.57. The molecule has 1 rings (SSSR count). The van der Waals surface area contributed by atoms with Gasteiger partial charge in [-0.1, -0.05) is 30.3 Å². The predicted molar refractivity (Wildman–Crippen MR) is 67.7 cm³/mol. The fourth-order valence-electron chi connectivity index (χ4n) is 1.52. The zero-order chi connectivity index (χ0) is 14.3. The molecule has 0 aliphatic heterocycles. The van der Waals surface area contributed by atoms with E-state index in [4.69, 9.17) is 9.84 Å². The number of ether oxygens (including phenoxy) is 1. The SMILES string of the molecule is CC(=O)CCC(=O)OC[C@@H](C(=O)O)c1ccccc1. The molecule has 1 N–H and O–H groups in total. The number of carboxylic acids is 1. The van der Waals surface area contributed by atoms with E-state index in [1.807, 2.05) is 0 Å². The van der Waals surface area contributed by atoms with Crippen molar-refractivity contribution in [3.63, 3.8) is 0 Å². The van der Waals surface area contributed by atoms with Gasteiger partial charge >= 0.3 is 11.9 Å². The third-order valence-corrected chi connectivity index (χ3v) is 2.59. The zero-order valence-corrected chi connectivity index (χ0v) is 10.7. The quantitative estimate of drug-likeness (QED) is 0.759. The number of carbonyl (C=O) groups excluding carboxylic acids is 2. The van der Waals surface area contributed by atoms with Gasteiger partial charge in [0.15, 0.2) is 0 Å². The Hall–Kier alpha value is -2.17. The minimum Gasteiger partial charge on any atom is -0.481 e. The highest BCUT2D eigenvalue weighted by atomic mass is 16.5. The van der Waals surface area contributed by atoms with E-state index < -0.39 is 17.9 Å². The average molecular weight is 264 g/mol. The molecule has 0 aromatic heterocycles. The fraction of sp³-hybridized carbons (Fsp3) is 0.357. The van der Waals surface area contributed by atoms with E-state index in [9.17, 15) is 14.4 Å². The topological polar surface area (TPSA) is 80.7 Å². The summed E-state index contributed by atoms with van der Waals surface area (Å²) < 4.78 is 4.90. The average Bonchev–Trinajstić information content (AvgIpc) is 2.37. The van der Waals surface area contributed by atoms with Crippen molar-refractivity contribution < 1.29 is 24.2 Å². The monoisotopic (exact) mass is 264 g/mol. The van der Waals surface area contributed by atoms with Crippen molar-refractivity contribution in [3.05, 3.63) is 35.9 Å². The van der Waals surface area contributed by atoms with Crippen molar-refractivity contribution >= 4 is 17.7 Å². The molecule has 0 heterocycles. The molecule has 0 spiro atoms. The van der Waals surface area contributed by atoms with Crippen LogP contribution < -0.4 is 0 Å². The number of benzene rings is 1. The fourth-order valence-corrected chi connectivity index (χ4v) is 1.52. The Bertz CT molecular complexity index is 452. The molecular weight excluding hydrogens is 248 g/mol. The van der Waals surface area contributed by atoms with Gasteiger partial charge in [0.2, 0.25) is 0 Å². The summed E-state index contributed by atoms with van der Waals surface area (Å²) in [6.45, 7) is 1.16. The summed E-state index contributed by atoms with van der Waals surface area (Å²) in [6.07, 6.45) is 0.0956. The zero-order valence-electron chi connectivity index (χ0n) is 10.7. The third-order valence-electron chi connectivity index (χ3n) is 2.59. The van der Waals surface area contributed by atoms with Crippen molar-refractivity contribution in [1.82, 2.24) is 0 Å². The lowest BCUT2D eigenvalue weighted by molar-refractivity contribution is -0.148. The van der Waals surface area contributed by atoms with Crippen LogP contribution in [0.4, 0.5) is 0 Å². The highest BCUT2D eigenvalue weighted by Crippen LogP contribution is 2.16. The first-order chi connectivity index (χ1) is 9.00. The first-order valence-corrected chi connectivity index (χ1v) is 5.93. The molecule has 5 nitrogen and oxygen atoms in total. The van der Waals surface area contributed by atoms with E-state index in [0.717, 1.165) is 0 Å². The van der Waals surface area contributed by atoms with Crippen LogP contribution in [0.1, 0.15) is 31.2 Å². The van der Waals surface area contributed by atoms with Gasteiger partial charge in [-0.15, -0.1) is 0 Å². The number of aliphatic carboxylic acids is 1. The second kappa shape index (κ2) is 7.31. The molecule has 0 unspecified atom stereocenters. The molecule has 1 aromatic carbocycles. The molecule has 19 heavy (non-hydrogen) atoms. The highest BCUT2D eigenvalue weighted by Gasteiger charge is 2.21. The van der Waals surface area contributed by atoms with Crippen LogP contribution in [-0.4, -0.2) is 29.4 Å². The van der Waals surface area contributed by atoms with Crippen molar-refractivity contribution in [3.8, 4) is 0 Å². The van der Waals surface area contributed by atoms with Crippen LogP contribution in [-0.2, 0) is 19.1 Å². The summed E-state index contributed by atoms with van der Waals surface area (Å²) >= 11 is 0. The Morgan fingerprint density at radius 2 is 1.79 bits per heavy atom. The van der Waals surface area contributed by atoms with Gasteiger partial charge in [-0.25, -0.2) is 0 Å². The molecule has 0 bridgehead atoms. The number of ketones is 1. The minimum absolute atomic E-state index is 0.0174. The van der Waals surface area contributed by atoms with Crippen molar-refractivity contribution in [2.45, 2.75) is 25.7 Å². The Balaban J connectivity index is 2.54. The Morgan fingerprint density at radius 3 is 2.32 bits per heavy atom. The molecule has 5 heteroatoms. The van der Waals surface area contributed by atoms with Gasteiger partial charge in [0.05, 0.1) is 6.42 Å². The van der Waals surface area contributed by atoms with E-state index in [2.05, 4.69) is 0 Å². The molecule has 0 aliphatic rings. The number of hydrogen-bond acceptors (Lipinski definition) is 4. The van der Waals surface area contributed by atoms with Crippen LogP contribution in [0, 0.1) is 0 Å². The summed E-state index contributed by atoms with van der Waals surface area (Å²) in [5.74, 6) is -2.60. The summed E-state index contributed by atoms with van der Waals surface area (Å²) in [5, 5.41) is 9.11. The number of carboxylic acid groups (broad SMARTS) is 1. The second-order valence-electron chi connectivity index (χ2n) is 4.19. The van der Waals surface area contributed by atoms with E-state index in [0.29, 0.717) is 5.56 Å². The lowest BCUT2D eigenvalue weighted by Gasteiger charge is -2.13. The summed E-state index contributed by atoms with van der Waals surface area (Å²) in [5.41, 5.74) is 0.578. The van der Waals surface area contributed by atoms with E-state index in [1.54, 1.807) is 30.3 Å². The van der Waals surface area contributed by atoms with Crippen LogP contribution >= 0.6 is 0 Å². The molecule has 0 saturated heterocycles. The highest BCUT2D eigenvalue weighted by molar-refractivity contribution is 5.81. The lowest BCUT2D eigenvalue weighted by Crippen LogP contribution is -2.20. The third kappa shape index (κ3) is 5.33. The molecule has 0 radical (unpaired) electrons. The van der Waals surface area contributed by atoms with Crippen LogP contribution in [0.5, 0.6) is 0 Å². The van der Waals surface area contributed by atoms with E-state index in [1.165, 1.54) is 6.92 Å². The van der Waals surface area contributed by atoms with Gasteiger partial charge in [0, 0.05) is 6.42 Å². The maximum Gasteiger partial charge on any atom is 0.314 e. The van der Waals surface area contributed by atoms with Crippen molar-refractivity contribution in [1.29, 1.82) is 0 Å². The van der Waals surface area contributed by atoms with Crippen LogP contribution in [0.3, 0.4) is 0 Å². The van der Waals surface area contributed by atoms with Crippen molar-refractivity contribution in [2.75, 3.05) is 6.61 Å². The van der Waals surface area contributed by atoms with Gasteiger partial charge in [-0.3, -0.25) is 9.59 Å².